The number of hydrogen-bond donors (Lipinski definition) is 2. The van der Waals surface area contributed by atoms with Crippen molar-refractivity contribution in [2.24, 2.45) is 0 Å². The number of benzene rings is 2. The number of aliphatic hydroxyl groups is 1. The highest BCUT2D eigenvalue weighted by Gasteiger charge is 2.08. The Labute approximate surface area is 129 Å². The van der Waals surface area contributed by atoms with Crippen LogP contribution < -0.4 is 15.2 Å². The van der Waals surface area contributed by atoms with Crippen molar-refractivity contribution in [1.29, 1.82) is 0 Å². The fourth-order valence-electron chi connectivity index (χ4n) is 1.72. The zero-order valence-corrected chi connectivity index (χ0v) is 12.5. The normalized spacial score (nSPS) is 12.0. The van der Waals surface area contributed by atoms with Crippen LogP contribution in [-0.2, 0) is 0 Å². The summed E-state index contributed by atoms with van der Waals surface area (Å²) in [6.07, 6.45) is -0.735. The third-order valence-electron chi connectivity index (χ3n) is 2.90. The summed E-state index contributed by atoms with van der Waals surface area (Å²) in [5.41, 5.74) is 7.22. The SMILES string of the molecule is Cc1ccc(Cl)cc1OCC(O)COc1ccc(N)cc1. The van der Waals surface area contributed by atoms with Crippen LogP contribution in [0.15, 0.2) is 42.5 Å². The summed E-state index contributed by atoms with van der Waals surface area (Å²) in [5, 5.41) is 10.5. The Kier molecular flexibility index (Phi) is 5.31. The fraction of sp³-hybridized carbons (Fsp3) is 0.250. The Morgan fingerprint density at radius 3 is 2.48 bits per heavy atom. The maximum absolute atomic E-state index is 9.88. The van der Waals surface area contributed by atoms with E-state index in [0.717, 1.165) is 5.56 Å². The lowest BCUT2D eigenvalue weighted by atomic mass is 10.2. The van der Waals surface area contributed by atoms with Crippen LogP contribution >= 0.6 is 11.6 Å². The molecule has 0 aliphatic carbocycles. The van der Waals surface area contributed by atoms with Gasteiger partial charge in [-0.05, 0) is 48.9 Å². The predicted molar refractivity (Wildman–Crippen MR) is 84.0 cm³/mol. The van der Waals surface area contributed by atoms with E-state index < -0.39 is 6.10 Å². The number of rotatable bonds is 6. The highest BCUT2D eigenvalue weighted by Crippen LogP contribution is 2.22. The molecule has 0 aromatic heterocycles. The Morgan fingerprint density at radius 2 is 1.76 bits per heavy atom. The highest BCUT2D eigenvalue weighted by atomic mass is 35.5. The van der Waals surface area contributed by atoms with E-state index in [1.54, 1.807) is 36.4 Å². The van der Waals surface area contributed by atoms with Crippen LogP contribution in [-0.4, -0.2) is 24.4 Å². The van der Waals surface area contributed by atoms with Crippen LogP contribution in [0.3, 0.4) is 0 Å². The minimum absolute atomic E-state index is 0.135. The largest absolute Gasteiger partial charge is 0.491 e. The first kappa shape index (κ1) is 15.5. The maximum atomic E-state index is 9.88. The fourth-order valence-corrected chi connectivity index (χ4v) is 1.88. The van der Waals surface area contributed by atoms with Gasteiger partial charge < -0.3 is 20.3 Å². The zero-order valence-electron chi connectivity index (χ0n) is 11.8. The van der Waals surface area contributed by atoms with Gasteiger partial charge in [0.05, 0.1) is 0 Å². The number of nitrogens with two attached hydrogens (primary N) is 1. The molecule has 0 radical (unpaired) electrons. The second kappa shape index (κ2) is 7.20. The summed E-state index contributed by atoms with van der Waals surface area (Å²) in [5.74, 6) is 1.32. The zero-order chi connectivity index (χ0) is 15.2. The van der Waals surface area contributed by atoms with Gasteiger partial charge in [0.25, 0.3) is 0 Å². The van der Waals surface area contributed by atoms with Crippen molar-refractivity contribution in [2.75, 3.05) is 18.9 Å². The van der Waals surface area contributed by atoms with E-state index in [4.69, 9.17) is 26.8 Å². The van der Waals surface area contributed by atoms with Crippen molar-refractivity contribution >= 4 is 17.3 Å². The van der Waals surface area contributed by atoms with E-state index in [2.05, 4.69) is 0 Å². The molecular formula is C16H18ClNO3. The van der Waals surface area contributed by atoms with Crippen LogP contribution in [0.5, 0.6) is 11.5 Å². The van der Waals surface area contributed by atoms with Crippen LogP contribution in [0.2, 0.25) is 5.02 Å². The van der Waals surface area contributed by atoms with Crippen molar-refractivity contribution in [3.8, 4) is 11.5 Å². The van der Waals surface area contributed by atoms with Gasteiger partial charge in [0.1, 0.15) is 30.8 Å². The Morgan fingerprint density at radius 1 is 1.10 bits per heavy atom. The van der Waals surface area contributed by atoms with Gasteiger partial charge in [-0.1, -0.05) is 17.7 Å². The Balaban J connectivity index is 1.80. The summed E-state index contributed by atoms with van der Waals surface area (Å²) >= 11 is 5.91. The minimum atomic E-state index is -0.735. The molecule has 2 aromatic carbocycles. The second-order valence-electron chi connectivity index (χ2n) is 4.75. The first-order valence-corrected chi connectivity index (χ1v) is 6.98. The van der Waals surface area contributed by atoms with Crippen molar-refractivity contribution in [2.45, 2.75) is 13.0 Å². The van der Waals surface area contributed by atoms with E-state index in [0.29, 0.717) is 22.2 Å². The van der Waals surface area contributed by atoms with Crippen LogP contribution in [0, 0.1) is 6.92 Å². The van der Waals surface area contributed by atoms with Crippen molar-refractivity contribution in [3.63, 3.8) is 0 Å². The summed E-state index contributed by atoms with van der Waals surface area (Å²) in [6, 6.07) is 12.4. The molecule has 5 heteroatoms. The Bertz CT molecular complexity index is 587. The number of aliphatic hydroxyl groups excluding tert-OH is 1. The lowest BCUT2D eigenvalue weighted by Crippen LogP contribution is -2.25. The van der Waals surface area contributed by atoms with E-state index >= 15 is 0 Å². The molecule has 1 unspecified atom stereocenters. The molecule has 0 heterocycles. The van der Waals surface area contributed by atoms with Gasteiger partial charge in [-0.2, -0.15) is 0 Å². The van der Waals surface area contributed by atoms with E-state index in [1.807, 2.05) is 13.0 Å². The third kappa shape index (κ3) is 4.85. The van der Waals surface area contributed by atoms with Gasteiger partial charge in [-0.3, -0.25) is 0 Å². The average Bonchev–Trinajstić information content (AvgIpc) is 2.47. The monoisotopic (exact) mass is 307 g/mol. The first-order chi connectivity index (χ1) is 10.0. The lowest BCUT2D eigenvalue weighted by Gasteiger charge is -2.15. The average molecular weight is 308 g/mol. The van der Waals surface area contributed by atoms with E-state index in [1.165, 1.54) is 0 Å². The van der Waals surface area contributed by atoms with Crippen LogP contribution in [0.25, 0.3) is 0 Å². The minimum Gasteiger partial charge on any atom is -0.491 e. The van der Waals surface area contributed by atoms with E-state index in [9.17, 15) is 5.11 Å². The summed E-state index contributed by atoms with van der Waals surface area (Å²) < 4.78 is 11.0. The molecule has 0 fully saturated rings. The molecule has 4 nitrogen and oxygen atoms in total. The third-order valence-corrected chi connectivity index (χ3v) is 3.14. The summed E-state index contributed by atoms with van der Waals surface area (Å²) in [7, 11) is 0. The molecule has 0 saturated heterocycles. The molecule has 0 amide bonds. The maximum Gasteiger partial charge on any atom is 0.123 e. The van der Waals surface area contributed by atoms with Crippen LogP contribution in [0.1, 0.15) is 5.56 Å². The number of ether oxygens (including phenoxy) is 2. The number of aryl methyl sites for hydroxylation is 1. The standard InChI is InChI=1S/C16H18ClNO3/c1-11-2-3-12(17)8-16(11)21-10-14(19)9-20-15-6-4-13(18)5-7-15/h2-8,14,19H,9-10,18H2,1H3. The second-order valence-corrected chi connectivity index (χ2v) is 5.19. The van der Waals surface area contributed by atoms with Gasteiger partial charge >= 0.3 is 0 Å². The van der Waals surface area contributed by atoms with Crippen molar-refractivity contribution in [1.82, 2.24) is 0 Å². The van der Waals surface area contributed by atoms with Crippen molar-refractivity contribution < 1.29 is 14.6 Å². The first-order valence-electron chi connectivity index (χ1n) is 6.60. The summed E-state index contributed by atoms with van der Waals surface area (Å²) in [4.78, 5) is 0. The number of hydrogen-bond acceptors (Lipinski definition) is 4. The molecule has 21 heavy (non-hydrogen) atoms. The van der Waals surface area contributed by atoms with Gasteiger partial charge in [0, 0.05) is 10.7 Å². The topological polar surface area (TPSA) is 64.7 Å². The highest BCUT2D eigenvalue weighted by molar-refractivity contribution is 6.30. The molecule has 0 spiro atoms. The molecule has 0 bridgehead atoms. The molecule has 1 atom stereocenters. The van der Waals surface area contributed by atoms with Crippen LogP contribution in [0.4, 0.5) is 5.69 Å². The Hall–Kier alpha value is -1.91. The molecule has 2 aromatic rings. The molecular weight excluding hydrogens is 290 g/mol. The molecule has 3 N–H and O–H groups in total. The molecule has 0 saturated carbocycles. The number of nitrogen functional groups attached to an aromatic ring is 1. The van der Waals surface area contributed by atoms with Gasteiger partial charge in [0.2, 0.25) is 0 Å². The number of anilines is 1. The predicted octanol–water partition coefficient (Wildman–Crippen LogP) is 3.05. The quantitative estimate of drug-likeness (QED) is 0.805. The molecule has 0 aliphatic rings. The van der Waals surface area contributed by atoms with Gasteiger partial charge in [-0.15, -0.1) is 0 Å². The lowest BCUT2D eigenvalue weighted by molar-refractivity contribution is 0.0624. The molecule has 2 rings (SSSR count). The van der Waals surface area contributed by atoms with Gasteiger partial charge in [0.15, 0.2) is 0 Å². The number of halogens is 1. The smallest absolute Gasteiger partial charge is 0.123 e. The molecule has 112 valence electrons. The van der Waals surface area contributed by atoms with Gasteiger partial charge in [-0.25, -0.2) is 0 Å². The molecule has 0 aliphatic heterocycles. The summed E-state index contributed by atoms with van der Waals surface area (Å²) in [6.45, 7) is 2.20. The van der Waals surface area contributed by atoms with E-state index in [-0.39, 0.29) is 13.2 Å². The van der Waals surface area contributed by atoms with Crippen molar-refractivity contribution in [3.05, 3.63) is 53.1 Å².